The molecule has 0 aromatic carbocycles. The molecule has 4 aliphatic heterocycles. The minimum absolute atomic E-state index is 0.0204. The normalized spacial score (nSPS) is 36.4. The molecular formula is C31H46O7. The van der Waals surface area contributed by atoms with E-state index in [4.69, 9.17) is 24.1 Å². The lowest BCUT2D eigenvalue weighted by Crippen LogP contribution is -2.32. The van der Waals surface area contributed by atoms with Crippen molar-refractivity contribution in [1.29, 1.82) is 0 Å². The van der Waals surface area contributed by atoms with Gasteiger partial charge in [0.15, 0.2) is 0 Å². The Kier molecular flexibility index (Phi) is 12.5. The number of carbonyl (C=O) groups is 1. The summed E-state index contributed by atoms with van der Waals surface area (Å²) < 4.78 is 23.6. The number of epoxide rings is 1. The zero-order valence-corrected chi connectivity index (χ0v) is 23.2. The number of esters is 1. The van der Waals surface area contributed by atoms with Gasteiger partial charge in [-0.3, -0.25) is 0 Å². The molecule has 0 amide bonds. The summed E-state index contributed by atoms with van der Waals surface area (Å²) in [5.74, 6) is 0.0468. The maximum Gasteiger partial charge on any atom is 0.330 e. The van der Waals surface area contributed by atoms with Crippen LogP contribution in [0.4, 0.5) is 0 Å². The summed E-state index contributed by atoms with van der Waals surface area (Å²) in [6.07, 6.45) is 18.3. The fraction of sp³-hybridized carbons (Fsp3) is 0.645. The second-order valence-corrected chi connectivity index (χ2v) is 10.9. The summed E-state index contributed by atoms with van der Waals surface area (Å²) >= 11 is 0. The zero-order valence-electron chi connectivity index (χ0n) is 23.2. The van der Waals surface area contributed by atoms with Crippen LogP contribution in [-0.2, 0) is 23.7 Å². The molecule has 2 N–H and O–H groups in total. The SMILES string of the molecule is C=C1CCC2OC2CC([C@@H](O)/C=C/[C@@H]2CC(C)=CCO2)OC(=O)/C=C\C[C@@H]2C=CCC(C[C@@H](C)C1)O2.CO. The fourth-order valence-corrected chi connectivity index (χ4v) is 5.36. The maximum atomic E-state index is 12.6. The highest BCUT2D eigenvalue weighted by Crippen LogP contribution is 2.34. The predicted octanol–water partition coefficient (Wildman–Crippen LogP) is 4.74. The van der Waals surface area contributed by atoms with Gasteiger partial charge in [-0.1, -0.05) is 61.1 Å². The third kappa shape index (κ3) is 10.3. The number of carbonyl (C=O) groups excluding carboxylic acids is 1. The number of hydrogen-bond donors (Lipinski definition) is 2. The molecule has 4 rings (SSSR count). The van der Waals surface area contributed by atoms with Crippen LogP contribution < -0.4 is 0 Å². The van der Waals surface area contributed by atoms with Gasteiger partial charge in [0.2, 0.25) is 0 Å². The van der Waals surface area contributed by atoms with Crippen LogP contribution in [0.25, 0.3) is 0 Å². The van der Waals surface area contributed by atoms with E-state index in [0.29, 0.717) is 25.4 Å². The molecule has 1 fully saturated rings. The molecule has 0 spiro atoms. The highest BCUT2D eigenvalue weighted by atomic mass is 16.6. The Labute approximate surface area is 227 Å². The van der Waals surface area contributed by atoms with Crippen LogP contribution in [0.15, 0.2) is 60.3 Å². The summed E-state index contributed by atoms with van der Waals surface area (Å²) in [6.45, 7) is 9.22. The zero-order chi connectivity index (χ0) is 27.5. The second kappa shape index (κ2) is 15.5. The number of aliphatic hydroxyl groups is 2. The largest absolute Gasteiger partial charge is 0.456 e. The number of allylic oxidation sites excluding steroid dienone is 1. The first-order valence-corrected chi connectivity index (χ1v) is 14.0. The Morgan fingerprint density at radius 2 is 1.92 bits per heavy atom. The van der Waals surface area contributed by atoms with E-state index in [0.717, 1.165) is 45.6 Å². The minimum Gasteiger partial charge on any atom is -0.456 e. The van der Waals surface area contributed by atoms with Crippen molar-refractivity contribution in [2.45, 2.75) is 108 Å². The fourth-order valence-electron chi connectivity index (χ4n) is 5.36. The lowest BCUT2D eigenvalue weighted by Gasteiger charge is -2.28. The van der Waals surface area contributed by atoms with Gasteiger partial charge in [0.05, 0.1) is 37.1 Å². The van der Waals surface area contributed by atoms with Crippen molar-refractivity contribution in [1.82, 2.24) is 0 Å². The molecule has 1 saturated heterocycles. The van der Waals surface area contributed by atoms with Crippen LogP contribution in [0, 0.1) is 5.92 Å². The molecule has 4 unspecified atom stereocenters. The standard InChI is InChI=1S/C30H42O6.CH4O/c1-20-10-13-27-29(35-27)19-28(26(31)12-11-24-17-21(2)14-15-33-24)36-30(32)9-5-7-23-6-4-8-25(34-23)18-22(3)16-20;1-2/h4-6,9,11-12,14,22-29,31H,1,7-8,10,13,15-19H2,2-3H3;2H,1H3/b9-5-,12-11+;/t22-,23-,24+,25?,26-,27?,28?,29?;/m0./s1. The molecule has 7 heteroatoms. The van der Waals surface area contributed by atoms with Crippen molar-refractivity contribution >= 4 is 5.97 Å². The molecule has 0 aromatic heterocycles. The first kappa shape index (κ1) is 30.5. The third-order valence-electron chi connectivity index (χ3n) is 7.41. The Hall–Kier alpha value is -2.03. The molecule has 0 radical (unpaired) electrons. The molecule has 0 aromatic rings. The van der Waals surface area contributed by atoms with Gasteiger partial charge in [-0.15, -0.1) is 0 Å². The average Bonchev–Trinajstić information content (AvgIpc) is 3.64. The quantitative estimate of drug-likeness (QED) is 0.309. The highest BCUT2D eigenvalue weighted by molar-refractivity contribution is 5.82. The molecule has 7 nitrogen and oxygen atoms in total. The Balaban J connectivity index is 0.00000195. The monoisotopic (exact) mass is 530 g/mol. The van der Waals surface area contributed by atoms with Crippen molar-refractivity contribution in [2.24, 2.45) is 5.92 Å². The predicted molar refractivity (Wildman–Crippen MR) is 148 cm³/mol. The van der Waals surface area contributed by atoms with E-state index < -0.39 is 18.2 Å². The van der Waals surface area contributed by atoms with E-state index in [1.807, 2.05) is 6.08 Å². The average molecular weight is 531 g/mol. The lowest BCUT2D eigenvalue weighted by atomic mass is 9.91. The first-order chi connectivity index (χ1) is 18.4. The number of cyclic esters (lactones) is 1. The van der Waals surface area contributed by atoms with Gasteiger partial charge < -0.3 is 29.2 Å². The molecule has 212 valence electrons. The summed E-state index contributed by atoms with van der Waals surface area (Å²) in [5, 5.41) is 17.9. The minimum atomic E-state index is -0.936. The van der Waals surface area contributed by atoms with Gasteiger partial charge in [-0.2, -0.15) is 0 Å². The maximum absolute atomic E-state index is 12.6. The summed E-state index contributed by atoms with van der Waals surface area (Å²) in [6, 6.07) is 0. The summed E-state index contributed by atoms with van der Waals surface area (Å²) in [5.41, 5.74) is 2.51. The van der Waals surface area contributed by atoms with Crippen LogP contribution in [0.3, 0.4) is 0 Å². The van der Waals surface area contributed by atoms with Gasteiger partial charge in [-0.05, 0) is 57.8 Å². The Morgan fingerprint density at radius 1 is 1.11 bits per heavy atom. The van der Waals surface area contributed by atoms with Crippen LogP contribution in [0.2, 0.25) is 0 Å². The number of fused-ring (bicyclic) bond motifs is 3. The second-order valence-electron chi connectivity index (χ2n) is 10.9. The highest BCUT2D eigenvalue weighted by Gasteiger charge is 2.42. The number of ether oxygens (including phenoxy) is 4. The van der Waals surface area contributed by atoms with E-state index >= 15 is 0 Å². The van der Waals surface area contributed by atoms with Crippen molar-refractivity contribution in [3.05, 3.63) is 60.3 Å². The Morgan fingerprint density at radius 3 is 2.71 bits per heavy atom. The third-order valence-corrected chi connectivity index (χ3v) is 7.41. The van der Waals surface area contributed by atoms with Crippen molar-refractivity contribution in [2.75, 3.05) is 13.7 Å². The molecule has 0 saturated carbocycles. The van der Waals surface area contributed by atoms with Gasteiger partial charge in [0.1, 0.15) is 12.2 Å². The number of hydrogen-bond acceptors (Lipinski definition) is 7. The molecular weight excluding hydrogens is 484 g/mol. The van der Waals surface area contributed by atoms with Crippen LogP contribution in [-0.4, -0.2) is 72.6 Å². The van der Waals surface area contributed by atoms with Gasteiger partial charge in [0.25, 0.3) is 0 Å². The molecule has 38 heavy (non-hydrogen) atoms. The topological polar surface area (TPSA) is 97.8 Å². The van der Waals surface area contributed by atoms with Gasteiger partial charge in [-0.25, -0.2) is 4.79 Å². The molecule has 2 bridgehead atoms. The van der Waals surface area contributed by atoms with E-state index in [9.17, 15) is 9.90 Å². The Bertz CT molecular complexity index is 889. The van der Waals surface area contributed by atoms with Crippen molar-refractivity contribution in [3.8, 4) is 0 Å². The number of rotatable bonds is 3. The molecule has 4 heterocycles. The van der Waals surface area contributed by atoms with E-state index in [-0.39, 0.29) is 30.5 Å². The summed E-state index contributed by atoms with van der Waals surface area (Å²) in [7, 11) is 1.00. The van der Waals surface area contributed by atoms with Crippen molar-refractivity contribution in [3.63, 3.8) is 0 Å². The molecule has 0 aliphatic carbocycles. The van der Waals surface area contributed by atoms with E-state index in [1.165, 1.54) is 17.2 Å². The summed E-state index contributed by atoms with van der Waals surface area (Å²) in [4.78, 5) is 12.6. The smallest absolute Gasteiger partial charge is 0.330 e. The van der Waals surface area contributed by atoms with Crippen LogP contribution >= 0.6 is 0 Å². The molecule has 8 atom stereocenters. The molecule has 4 aliphatic rings. The first-order valence-electron chi connectivity index (χ1n) is 14.0. The van der Waals surface area contributed by atoms with Crippen LogP contribution in [0.5, 0.6) is 0 Å². The van der Waals surface area contributed by atoms with E-state index in [2.05, 4.69) is 38.7 Å². The van der Waals surface area contributed by atoms with Crippen molar-refractivity contribution < 1.29 is 34.0 Å². The lowest BCUT2D eigenvalue weighted by molar-refractivity contribution is -0.148. The van der Waals surface area contributed by atoms with E-state index in [1.54, 1.807) is 12.2 Å². The number of aliphatic hydroxyl groups excluding tert-OH is 2. The van der Waals surface area contributed by atoms with Crippen LogP contribution in [0.1, 0.15) is 65.2 Å². The van der Waals surface area contributed by atoms with Gasteiger partial charge in [0, 0.05) is 19.6 Å². The van der Waals surface area contributed by atoms with Gasteiger partial charge >= 0.3 is 5.97 Å².